The van der Waals surface area contributed by atoms with Gasteiger partial charge in [-0.05, 0) is 6.92 Å². The Morgan fingerprint density at radius 3 is 1.95 bits per heavy atom. The minimum atomic E-state index is -1.08. The van der Waals surface area contributed by atoms with Crippen molar-refractivity contribution in [1.82, 2.24) is 0 Å². The van der Waals surface area contributed by atoms with Crippen molar-refractivity contribution >= 4 is 11.9 Å². The topological polar surface area (TPSA) is 95.7 Å². The van der Waals surface area contributed by atoms with Crippen LogP contribution in [0, 0.1) is 16.0 Å². The van der Waals surface area contributed by atoms with Crippen LogP contribution in [0.25, 0.3) is 0 Å². The molecule has 0 aliphatic carbocycles. The number of hydrogen-bond acceptors (Lipinski definition) is 6. The first-order valence-corrected chi connectivity index (χ1v) is 5.95. The van der Waals surface area contributed by atoms with Gasteiger partial charge in [-0.2, -0.15) is 0 Å². The quantitative estimate of drug-likeness (QED) is 0.332. The summed E-state index contributed by atoms with van der Waals surface area (Å²) in [7, 11) is 2.61. The van der Waals surface area contributed by atoms with E-state index in [1.165, 1.54) is 28.1 Å². The van der Waals surface area contributed by atoms with E-state index in [1.807, 2.05) is 0 Å². The van der Waals surface area contributed by atoms with Crippen LogP contribution in [0.1, 0.15) is 34.1 Å². The minimum absolute atomic E-state index is 0.187. The molecule has 0 aromatic rings. The summed E-state index contributed by atoms with van der Waals surface area (Å²) in [6, 6.07) is 0. The predicted octanol–water partition coefficient (Wildman–Crippen LogP) is 1.98. The van der Waals surface area contributed by atoms with Crippen LogP contribution in [0.4, 0.5) is 0 Å². The van der Waals surface area contributed by atoms with E-state index in [9.17, 15) is 19.7 Å². The van der Waals surface area contributed by atoms with Crippen LogP contribution in [0.5, 0.6) is 0 Å². The molecule has 0 aromatic heterocycles. The zero-order chi connectivity index (χ0) is 16.5. The lowest BCUT2D eigenvalue weighted by atomic mass is 9.92. The van der Waals surface area contributed by atoms with E-state index in [0.29, 0.717) is 5.57 Å². The first-order valence-electron chi connectivity index (χ1n) is 5.95. The molecule has 0 bridgehead atoms. The Morgan fingerprint density at radius 2 is 1.75 bits per heavy atom. The fourth-order valence-electron chi connectivity index (χ4n) is 1.28. The van der Waals surface area contributed by atoms with Gasteiger partial charge in [-0.1, -0.05) is 13.5 Å². The lowest BCUT2D eigenvalue weighted by Gasteiger charge is -2.18. The number of ether oxygens (including phenoxy) is 2. The van der Waals surface area contributed by atoms with Gasteiger partial charge in [-0.3, -0.25) is 14.9 Å². The van der Waals surface area contributed by atoms with Gasteiger partial charge in [0.25, 0.3) is 0 Å². The van der Waals surface area contributed by atoms with E-state index in [1.54, 1.807) is 13.8 Å². The number of nitro groups is 1. The van der Waals surface area contributed by atoms with E-state index in [-0.39, 0.29) is 17.3 Å². The third-order valence-electron chi connectivity index (χ3n) is 2.44. The van der Waals surface area contributed by atoms with Crippen LogP contribution in [0.15, 0.2) is 12.2 Å². The van der Waals surface area contributed by atoms with Gasteiger partial charge < -0.3 is 9.47 Å². The molecule has 0 N–H and O–H groups in total. The number of carbonyl (C=O) groups excluding carboxylic acids is 2. The summed E-state index contributed by atoms with van der Waals surface area (Å²) < 4.78 is 8.75. The maximum atomic E-state index is 11.0. The van der Waals surface area contributed by atoms with Gasteiger partial charge in [0, 0.05) is 30.8 Å². The number of hydrogen-bond donors (Lipinski definition) is 0. The first-order chi connectivity index (χ1) is 8.99. The summed E-state index contributed by atoms with van der Waals surface area (Å²) in [6.45, 7) is 9.56. The van der Waals surface area contributed by atoms with Crippen molar-refractivity contribution in [3.63, 3.8) is 0 Å². The molecular weight excluding hydrogens is 266 g/mol. The number of nitrogens with zero attached hydrogens (tertiary/aromatic N) is 1. The predicted molar refractivity (Wildman–Crippen MR) is 73.7 cm³/mol. The fraction of sp³-hybridized carbons (Fsp3) is 0.692. The van der Waals surface area contributed by atoms with Crippen LogP contribution in [0.3, 0.4) is 0 Å². The van der Waals surface area contributed by atoms with Crippen LogP contribution in [0.2, 0.25) is 0 Å². The molecule has 0 aliphatic rings. The third kappa shape index (κ3) is 8.23. The van der Waals surface area contributed by atoms with E-state index in [0.717, 1.165) is 0 Å². The average molecular weight is 289 g/mol. The normalized spacial score (nSPS) is 11.5. The van der Waals surface area contributed by atoms with Crippen LogP contribution >= 0.6 is 0 Å². The molecule has 0 aromatic carbocycles. The van der Waals surface area contributed by atoms with E-state index >= 15 is 0 Å². The first kappa shape index (κ1) is 20.4. The largest absolute Gasteiger partial charge is 0.469 e. The highest BCUT2D eigenvalue weighted by Gasteiger charge is 2.35. The zero-order valence-electron chi connectivity index (χ0n) is 12.9. The Balaban J connectivity index is 0. The maximum absolute atomic E-state index is 11.0. The summed E-state index contributed by atoms with van der Waals surface area (Å²) in [4.78, 5) is 31.3. The molecule has 20 heavy (non-hydrogen) atoms. The Labute approximate surface area is 119 Å². The molecule has 0 aliphatic heterocycles. The number of methoxy groups -OCH3 is 2. The van der Waals surface area contributed by atoms with Gasteiger partial charge in [0.2, 0.25) is 5.54 Å². The minimum Gasteiger partial charge on any atom is -0.469 e. The highest BCUT2D eigenvalue weighted by Crippen LogP contribution is 2.20. The number of carbonyl (C=O) groups is 2. The van der Waals surface area contributed by atoms with Gasteiger partial charge in [-0.15, -0.1) is 0 Å². The molecule has 0 saturated heterocycles. The number of rotatable bonds is 5. The van der Waals surface area contributed by atoms with Crippen molar-refractivity contribution < 1.29 is 24.0 Å². The molecule has 0 saturated carbocycles. The van der Waals surface area contributed by atoms with E-state index in [2.05, 4.69) is 16.1 Å². The Morgan fingerprint density at radius 1 is 1.30 bits per heavy atom. The Bertz CT molecular complexity index is 375. The average Bonchev–Trinajstić information content (AvgIpc) is 2.36. The highest BCUT2D eigenvalue weighted by molar-refractivity contribution is 5.86. The molecule has 0 rings (SSSR count). The van der Waals surface area contributed by atoms with Crippen LogP contribution in [-0.4, -0.2) is 36.6 Å². The van der Waals surface area contributed by atoms with Crippen molar-refractivity contribution in [2.24, 2.45) is 5.92 Å². The lowest BCUT2D eigenvalue weighted by Crippen LogP contribution is -2.35. The summed E-state index contributed by atoms with van der Waals surface area (Å²) in [5.74, 6) is -1.19. The second kappa shape index (κ2) is 9.06. The van der Waals surface area contributed by atoms with Crippen molar-refractivity contribution in [3.8, 4) is 0 Å². The molecule has 0 amide bonds. The van der Waals surface area contributed by atoms with Crippen molar-refractivity contribution in [2.45, 2.75) is 39.7 Å². The van der Waals surface area contributed by atoms with E-state index in [4.69, 9.17) is 0 Å². The van der Waals surface area contributed by atoms with E-state index < -0.39 is 17.4 Å². The highest BCUT2D eigenvalue weighted by atomic mass is 16.6. The van der Waals surface area contributed by atoms with Gasteiger partial charge in [0.15, 0.2) is 0 Å². The Hall–Kier alpha value is -1.92. The molecule has 7 heteroatoms. The molecule has 7 nitrogen and oxygen atoms in total. The van der Waals surface area contributed by atoms with Gasteiger partial charge in [-0.25, -0.2) is 4.79 Å². The molecular formula is C13H23NO6. The second-order valence-corrected chi connectivity index (χ2v) is 4.97. The SMILES string of the molecule is C=C(C)C(=O)OC.COC(=O)C(C)CC(C)(C)[N+](=O)[O-]. The molecule has 1 atom stereocenters. The Kier molecular flexibility index (Phi) is 9.24. The third-order valence-corrected chi connectivity index (χ3v) is 2.44. The molecule has 0 radical (unpaired) electrons. The zero-order valence-corrected chi connectivity index (χ0v) is 12.9. The summed E-state index contributed by atoms with van der Waals surface area (Å²) in [5.41, 5.74) is -0.643. The molecule has 0 heterocycles. The smallest absolute Gasteiger partial charge is 0.332 e. The maximum Gasteiger partial charge on any atom is 0.332 e. The standard InChI is InChI=1S/C8H15NO4.C5H8O2/c1-6(7(10)13-4)5-8(2,3)9(11)12;1-4(2)5(6)7-3/h6H,5H2,1-4H3;1H2,2-3H3. The van der Waals surface area contributed by atoms with Gasteiger partial charge in [0.05, 0.1) is 20.1 Å². The molecule has 0 spiro atoms. The van der Waals surface area contributed by atoms with Crippen LogP contribution in [-0.2, 0) is 19.1 Å². The van der Waals surface area contributed by atoms with Crippen LogP contribution < -0.4 is 0 Å². The second-order valence-electron chi connectivity index (χ2n) is 4.97. The summed E-state index contributed by atoms with van der Waals surface area (Å²) in [6.07, 6.45) is 0.187. The molecule has 0 fully saturated rings. The summed E-state index contributed by atoms with van der Waals surface area (Å²) >= 11 is 0. The van der Waals surface area contributed by atoms with Crippen molar-refractivity contribution in [3.05, 3.63) is 22.3 Å². The van der Waals surface area contributed by atoms with Gasteiger partial charge >= 0.3 is 11.9 Å². The lowest BCUT2D eigenvalue weighted by molar-refractivity contribution is -0.562. The van der Waals surface area contributed by atoms with Gasteiger partial charge in [0.1, 0.15) is 0 Å². The summed E-state index contributed by atoms with van der Waals surface area (Å²) in [5, 5.41) is 10.5. The van der Waals surface area contributed by atoms with Crippen molar-refractivity contribution in [2.75, 3.05) is 14.2 Å². The molecule has 116 valence electrons. The number of esters is 2. The molecule has 1 unspecified atom stereocenters. The fourth-order valence-corrected chi connectivity index (χ4v) is 1.28. The van der Waals surface area contributed by atoms with Crippen molar-refractivity contribution in [1.29, 1.82) is 0 Å². The monoisotopic (exact) mass is 289 g/mol.